The Balaban J connectivity index is 1.88. The van der Waals surface area contributed by atoms with E-state index in [0.717, 1.165) is 11.0 Å². The van der Waals surface area contributed by atoms with Crippen LogP contribution in [0.1, 0.15) is 5.56 Å². The maximum absolute atomic E-state index is 13.6. The van der Waals surface area contributed by atoms with Crippen molar-refractivity contribution >= 4 is 51.3 Å². The molecule has 0 heterocycles. The molecule has 0 spiro atoms. The van der Waals surface area contributed by atoms with E-state index in [2.05, 4.69) is 21.2 Å². The van der Waals surface area contributed by atoms with Crippen LogP contribution in [0.5, 0.6) is 0 Å². The van der Waals surface area contributed by atoms with E-state index in [4.69, 9.17) is 4.74 Å². The van der Waals surface area contributed by atoms with Crippen molar-refractivity contribution in [1.29, 1.82) is 0 Å². The number of carbonyl (C=O) groups is 2. The van der Waals surface area contributed by atoms with Crippen molar-refractivity contribution in [3.05, 3.63) is 64.4 Å². The highest BCUT2D eigenvalue weighted by molar-refractivity contribution is 9.10. The number of carbonyl (C=O) groups excluding carboxylic acids is 2. The Hall–Kier alpha value is -2.12. The van der Waals surface area contributed by atoms with Crippen molar-refractivity contribution < 1.29 is 18.7 Å². The lowest BCUT2D eigenvalue weighted by molar-refractivity contribution is -0.142. The van der Waals surface area contributed by atoms with Crippen molar-refractivity contribution in [3.8, 4) is 0 Å². The molecular formula is C18H15BrFNO3S. The second kappa shape index (κ2) is 9.39. The summed E-state index contributed by atoms with van der Waals surface area (Å²) in [6.07, 6.45) is 4.27. The average Bonchev–Trinajstić information content (AvgIpc) is 2.61. The van der Waals surface area contributed by atoms with E-state index in [1.54, 1.807) is 18.2 Å². The van der Waals surface area contributed by atoms with E-state index in [0.29, 0.717) is 10.2 Å². The van der Waals surface area contributed by atoms with Crippen LogP contribution >= 0.6 is 27.7 Å². The minimum atomic E-state index is -0.729. The van der Waals surface area contributed by atoms with Gasteiger partial charge in [0.15, 0.2) is 6.61 Å². The highest BCUT2D eigenvalue weighted by Crippen LogP contribution is 2.24. The van der Waals surface area contributed by atoms with E-state index in [1.807, 2.05) is 18.4 Å². The molecule has 0 fully saturated rings. The Kier molecular flexibility index (Phi) is 7.21. The van der Waals surface area contributed by atoms with Crippen molar-refractivity contribution in [1.82, 2.24) is 0 Å². The SMILES string of the molecule is CSc1ccccc1NC(=O)COC(=O)/C=C/c1cc(Br)ccc1F. The molecule has 0 aliphatic rings. The van der Waals surface area contributed by atoms with Crippen LogP contribution in [-0.2, 0) is 14.3 Å². The van der Waals surface area contributed by atoms with Crippen LogP contribution in [-0.4, -0.2) is 24.7 Å². The average molecular weight is 424 g/mol. The standard InChI is InChI=1S/C18H15BrFNO3S/c1-25-16-5-3-2-4-15(16)21-17(22)11-24-18(23)9-6-12-10-13(19)7-8-14(12)20/h2-10H,11H2,1H3,(H,21,22)/b9-6+. The molecule has 4 nitrogen and oxygen atoms in total. The van der Waals surface area contributed by atoms with E-state index in [9.17, 15) is 14.0 Å². The maximum atomic E-state index is 13.6. The number of amides is 1. The lowest BCUT2D eigenvalue weighted by Crippen LogP contribution is -2.20. The highest BCUT2D eigenvalue weighted by atomic mass is 79.9. The quantitative estimate of drug-likeness (QED) is 0.422. The second-order valence-corrected chi connectivity index (χ2v) is 6.62. The molecule has 0 radical (unpaired) electrons. The molecule has 0 bridgehead atoms. The van der Waals surface area contributed by atoms with Gasteiger partial charge in [0, 0.05) is 21.0 Å². The summed E-state index contributed by atoms with van der Waals surface area (Å²) in [7, 11) is 0. The molecular weight excluding hydrogens is 409 g/mol. The van der Waals surface area contributed by atoms with Gasteiger partial charge in [0.25, 0.3) is 5.91 Å². The van der Waals surface area contributed by atoms with Gasteiger partial charge in [-0.15, -0.1) is 11.8 Å². The molecule has 7 heteroatoms. The molecule has 0 saturated heterocycles. The van der Waals surface area contributed by atoms with E-state index in [1.165, 1.54) is 30.0 Å². The minimum absolute atomic E-state index is 0.240. The van der Waals surface area contributed by atoms with Gasteiger partial charge in [-0.25, -0.2) is 9.18 Å². The zero-order chi connectivity index (χ0) is 18.2. The number of halogens is 2. The number of thioether (sulfide) groups is 1. The minimum Gasteiger partial charge on any atom is -0.452 e. The predicted molar refractivity (Wildman–Crippen MR) is 101 cm³/mol. The van der Waals surface area contributed by atoms with Gasteiger partial charge in [-0.3, -0.25) is 4.79 Å². The Bertz CT molecular complexity index is 811. The first-order chi connectivity index (χ1) is 12.0. The largest absolute Gasteiger partial charge is 0.452 e. The molecule has 1 N–H and O–H groups in total. The predicted octanol–water partition coefficient (Wildman–Crippen LogP) is 4.51. The normalized spacial score (nSPS) is 10.7. The fourth-order valence-electron chi connectivity index (χ4n) is 1.92. The van der Waals surface area contributed by atoms with E-state index >= 15 is 0 Å². The Labute approximate surface area is 157 Å². The van der Waals surface area contributed by atoms with Gasteiger partial charge in [0.05, 0.1) is 5.69 Å². The molecule has 130 valence electrons. The summed E-state index contributed by atoms with van der Waals surface area (Å²) >= 11 is 4.72. The van der Waals surface area contributed by atoms with Gasteiger partial charge in [0.1, 0.15) is 5.82 Å². The second-order valence-electron chi connectivity index (χ2n) is 4.86. The smallest absolute Gasteiger partial charge is 0.331 e. The van der Waals surface area contributed by atoms with Gasteiger partial charge >= 0.3 is 5.97 Å². The van der Waals surface area contributed by atoms with Crippen LogP contribution in [0.25, 0.3) is 6.08 Å². The zero-order valence-corrected chi connectivity index (χ0v) is 15.7. The summed E-state index contributed by atoms with van der Waals surface area (Å²) < 4.78 is 19.1. The first-order valence-corrected chi connectivity index (χ1v) is 9.24. The van der Waals surface area contributed by atoms with Crippen LogP contribution in [0.3, 0.4) is 0 Å². The van der Waals surface area contributed by atoms with Crippen molar-refractivity contribution in [2.45, 2.75) is 4.90 Å². The van der Waals surface area contributed by atoms with Gasteiger partial charge in [-0.05, 0) is 42.7 Å². The summed E-state index contributed by atoms with van der Waals surface area (Å²) in [6, 6.07) is 11.7. The molecule has 1 amide bonds. The molecule has 0 atom stereocenters. The number of rotatable bonds is 6. The molecule has 2 rings (SSSR count). The number of esters is 1. The van der Waals surface area contributed by atoms with Crippen LogP contribution < -0.4 is 5.32 Å². The maximum Gasteiger partial charge on any atom is 0.331 e. The number of benzene rings is 2. The molecule has 2 aromatic carbocycles. The van der Waals surface area contributed by atoms with Gasteiger partial charge in [-0.2, -0.15) is 0 Å². The van der Waals surface area contributed by atoms with Gasteiger partial charge in [0.2, 0.25) is 0 Å². The third-order valence-electron chi connectivity index (χ3n) is 3.08. The van der Waals surface area contributed by atoms with Crippen molar-refractivity contribution in [2.75, 3.05) is 18.2 Å². The highest BCUT2D eigenvalue weighted by Gasteiger charge is 2.08. The summed E-state index contributed by atoms with van der Waals surface area (Å²) in [5.41, 5.74) is 0.896. The fourth-order valence-corrected chi connectivity index (χ4v) is 2.85. The molecule has 0 saturated carbocycles. The number of hydrogen-bond acceptors (Lipinski definition) is 4. The summed E-state index contributed by atoms with van der Waals surface area (Å²) in [4.78, 5) is 24.4. The molecule has 0 unspecified atom stereocenters. The van der Waals surface area contributed by atoms with E-state index < -0.39 is 24.3 Å². The fraction of sp³-hybridized carbons (Fsp3) is 0.111. The van der Waals surface area contributed by atoms with Crippen LogP contribution in [0.2, 0.25) is 0 Å². The summed E-state index contributed by atoms with van der Waals surface area (Å²) in [6.45, 7) is -0.424. The molecule has 0 aliphatic carbocycles. The first-order valence-electron chi connectivity index (χ1n) is 7.22. The Morgan fingerprint density at radius 2 is 2.04 bits per heavy atom. The number of ether oxygens (including phenoxy) is 1. The lowest BCUT2D eigenvalue weighted by Gasteiger charge is -2.09. The summed E-state index contributed by atoms with van der Waals surface area (Å²) in [5, 5.41) is 2.68. The number of nitrogens with one attached hydrogen (secondary N) is 1. The number of para-hydroxylation sites is 1. The van der Waals surface area contributed by atoms with Crippen molar-refractivity contribution in [2.24, 2.45) is 0 Å². The topological polar surface area (TPSA) is 55.4 Å². The zero-order valence-electron chi connectivity index (χ0n) is 13.3. The molecule has 25 heavy (non-hydrogen) atoms. The van der Waals surface area contributed by atoms with Crippen LogP contribution in [0, 0.1) is 5.82 Å². The lowest BCUT2D eigenvalue weighted by atomic mass is 10.2. The van der Waals surface area contributed by atoms with Crippen molar-refractivity contribution in [3.63, 3.8) is 0 Å². The number of hydrogen-bond donors (Lipinski definition) is 1. The molecule has 0 aromatic heterocycles. The third-order valence-corrected chi connectivity index (χ3v) is 4.37. The van der Waals surface area contributed by atoms with Gasteiger partial charge in [-0.1, -0.05) is 28.1 Å². The number of anilines is 1. The van der Waals surface area contributed by atoms with E-state index in [-0.39, 0.29) is 5.56 Å². The van der Waals surface area contributed by atoms with Crippen LogP contribution in [0.4, 0.5) is 10.1 Å². The monoisotopic (exact) mass is 423 g/mol. The third kappa shape index (κ3) is 6.03. The first kappa shape index (κ1) is 19.2. The summed E-state index contributed by atoms with van der Waals surface area (Å²) in [5.74, 6) is -1.64. The Morgan fingerprint density at radius 1 is 1.28 bits per heavy atom. The molecule has 0 aliphatic heterocycles. The molecule has 2 aromatic rings. The van der Waals surface area contributed by atoms with Crippen LogP contribution in [0.15, 0.2) is 57.9 Å². The van der Waals surface area contributed by atoms with Gasteiger partial charge < -0.3 is 10.1 Å². The Morgan fingerprint density at radius 3 is 2.80 bits per heavy atom.